The second kappa shape index (κ2) is 10.1. The quantitative estimate of drug-likeness (QED) is 0.621. The standard InChI is InChI=1S/C25H32N4O3/c1-18-8-3-4-9-22(18)32-15-7-10-23(30)29-14-11-20(17-29)24-26-16-21(19(2)27-24)25(31)28-12-5-6-13-28/h3-4,8-9,16,20H,5-7,10-15,17H2,1-2H3/t20-/m0/s1. The minimum Gasteiger partial charge on any atom is -0.493 e. The fraction of sp³-hybridized carbons (Fsp3) is 0.520. The maximum Gasteiger partial charge on any atom is 0.257 e. The zero-order valence-electron chi connectivity index (χ0n) is 19.0. The van der Waals surface area contributed by atoms with Crippen molar-refractivity contribution in [2.24, 2.45) is 0 Å². The number of likely N-dealkylation sites (tertiary alicyclic amines) is 2. The van der Waals surface area contributed by atoms with E-state index in [-0.39, 0.29) is 17.7 Å². The van der Waals surface area contributed by atoms with Crippen molar-refractivity contribution in [3.63, 3.8) is 0 Å². The van der Waals surface area contributed by atoms with E-state index in [4.69, 9.17) is 4.74 Å². The highest BCUT2D eigenvalue weighted by Crippen LogP contribution is 2.26. The molecule has 2 fully saturated rings. The highest BCUT2D eigenvalue weighted by atomic mass is 16.5. The molecule has 170 valence electrons. The molecule has 0 unspecified atom stereocenters. The largest absolute Gasteiger partial charge is 0.493 e. The van der Waals surface area contributed by atoms with Gasteiger partial charge in [-0.05, 0) is 51.2 Å². The minimum absolute atomic E-state index is 0.0303. The van der Waals surface area contributed by atoms with Crippen LogP contribution in [-0.2, 0) is 4.79 Å². The van der Waals surface area contributed by atoms with Crippen LogP contribution in [0.15, 0.2) is 30.5 Å². The number of aromatic nitrogens is 2. The number of nitrogens with zero attached hydrogens (tertiary/aromatic N) is 4. The van der Waals surface area contributed by atoms with E-state index >= 15 is 0 Å². The number of hydrogen-bond acceptors (Lipinski definition) is 5. The van der Waals surface area contributed by atoms with Gasteiger partial charge >= 0.3 is 0 Å². The Hall–Kier alpha value is -2.96. The number of para-hydroxylation sites is 1. The van der Waals surface area contributed by atoms with Gasteiger partial charge in [-0.15, -0.1) is 0 Å². The topological polar surface area (TPSA) is 75.6 Å². The van der Waals surface area contributed by atoms with Crippen molar-refractivity contribution >= 4 is 11.8 Å². The summed E-state index contributed by atoms with van der Waals surface area (Å²) in [7, 11) is 0. The number of ether oxygens (including phenoxy) is 1. The van der Waals surface area contributed by atoms with Crippen molar-refractivity contribution in [2.75, 3.05) is 32.8 Å². The zero-order valence-corrected chi connectivity index (χ0v) is 19.0. The fourth-order valence-electron chi connectivity index (χ4n) is 4.46. The smallest absolute Gasteiger partial charge is 0.257 e. The molecule has 3 heterocycles. The molecule has 0 radical (unpaired) electrons. The molecule has 7 nitrogen and oxygen atoms in total. The number of amides is 2. The molecule has 0 bridgehead atoms. The SMILES string of the molecule is Cc1ccccc1OCCCC(=O)N1CC[C@H](c2ncc(C(=O)N3CCCC3)c(C)n2)C1. The van der Waals surface area contributed by atoms with Gasteiger partial charge < -0.3 is 14.5 Å². The Balaban J connectivity index is 1.26. The van der Waals surface area contributed by atoms with Crippen molar-refractivity contribution in [1.82, 2.24) is 19.8 Å². The van der Waals surface area contributed by atoms with Gasteiger partial charge in [0, 0.05) is 44.7 Å². The average Bonchev–Trinajstić information content (AvgIpc) is 3.50. The van der Waals surface area contributed by atoms with E-state index < -0.39 is 0 Å². The first-order valence-electron chi connectivity index (χ1n) is 11.6. The monoisotopic (exact) mass is 436 g/mol. The Morgan fingerprint density at radius 2 is 1.88 bits per heavy atom. The molecule has 4 rings (SSSR count). The summed E-state index contributed by atoms with van der Waals surface area (Å²) in [5.41, 5.74) is 2.42. The van der Waals surface area contributed by atoms with Gasteiger partial charge in [-0.3, -0.25) is 9.59 Å². The molecule has 1 atom stereocenters. The van der Waals surface area contributed by atoms with E-state index in [2.05, 4.69) is 9.97 Å². The second-order valence-electron chi connectivity index (χ2n) is 8.77. The van der Waals surface area contributed by atoms with Crippen molar-refractivity contribution in [3.05, 3.63) is 53.1 Å². The van der Waals surface area contributed by atoms with E-state index in [9.17, 15) is 9.59 Å². The summed E-state index contributed by atoms with van der Waals surface area (Å²) in [5.74, 6) is 1.91. The average molecular weight is 437 g/mol. The van der Waals surface area contributed by atoms with Crippen molar-refractivity contribution in [1.29, 1.82) is 0 Å². The summed E-state index contributed by atoms with van der Waals surface area (Å²) in [6.45, 7) is 7.41. The van der Waals surface area contributed by atoms with Gasteiger partial charge in [-0.2, -0.15) is 0 Å². The van der Waals surface area contributed by atoms with E-state index in [0.29, 0.717) is 31.6 Å². The number of benzene rings is 1. The molecule has 0 aliphatic carbocycles. The molecule has 1 aromatic heterocycles. The van der Waals surface area contributed by atoms with Gasteiger partial charge in [-0.25, -0.2) is 9.97 Å². The predicted octanol–water partition coefficient (Wildman–Crippen LogP) is 3.50. The molecule has 1 aromatic carbocycles. The molecule has 0 saturated carbocycles. The lowest BCUT2D eigenvalue weighted by atomic mass is 10.1. The number of carbonyl (C=O) groups is 2. The molecule has 0 spiro atoms. The van der Waals surface area contributed by atoms with Crippen LogP contribution in [0.2, 0.25) is 0 Å². The molecule has 2 amide bonds. The molecule has 2 saturated heterocycles. The third kappa shape index (κ3) is 5.09. The van der Waals surface area contributed by atoms with E-state index in [1.54, 1.807) is 6.20 Å². The molecular weight excluding hydrogens is 404 g/mol. The first-order chi connectivity index (χ1) is 15.5. The zero-order chi connectivity index (χ0) is 22.5. The Morgan fingerprint density at radius 1 is 1.09 bits per heavy atom. The molecule has 2 aliphatic heterocycles. The summed E-state index contributed by atoms with van der Waals surface area (Å²) in [4.78, 5) is 38.2. The van der Waals surface area contributed by atoms with Crippen LogP contribution in [0.1, 0.15) is 65.5 Å². The summed E-state index contributed by atoms with van der Waals surface area (Å²) < 4.78 is 5.80. The third-order valence-corrected chi connectivity index (χ3v) is 6.41. The Morgan fingerprint density at radius 3 is 2.62 bits per heavy atom. The first kappa shape index (κ1) is 22.2. The Bertz CT molecular complexity index is 971. The van der Waals surface area contributed by atoms with Crippen LogP contribution >= 0.6 is 0 Å². The van der Waals surface area contributed by atoms with Gasteiger partial charge in [0.15, 0.2) is 0 Å². The Labute approximate surface area is 189 Å². The molecule has 7 heteroatoms. The lowest BCUT2D eigenvalue weighted by Gasteiger charge is -2.18. The first-order valence-corrected chi connectivity index (χ1v) is 11.6. The number of rotatable bonds is 7. The van der Waals surface area contributed by atoms with Gasteiger partial charge in [-0.1, -0.05) is 18.2 Å². The van der Waals surface area contributed by atoms with Crippen LogP contribution in [0.3, 0.4) is 0 Å². The number of carbonyl (C=O) groups excluding carboxylic acids is 2. The molecule has 32 heavy (non-hydrogen) atoms. The van der Waals surface area contributed by atoms with Crippen LogP contribution in [0.4, 0.5) is 0 Å². The van der Waals surface area contributed by atoms with Crippen LogP contribution in [-0.4, -0.2) is 64.4 Å². The second-order valence-corrected chi connectivity index (χ2v) is 8.77. The Kier molecular flexibility index (Phi) is 7.02. The predicted molar refractivity (Wildman–Crippen MR) is 122 cm³/mol. The lowest BCUT2D eigenvalue weighted by Crippen LogP contribution is -2.29. The van der Waals surface area contributed by atoms with E-state index in [1.165, 1.54) is 0 Å². The van der Waals surface area contributed by atoms with Crippen LogP contribution < -0.4 is 4.74 Å². The van der Waals surface area contributed by atoms with E-state index in [0.717, 1.165) is 61.7 Å². The maximum absolute atomic E-state index is 12.7. The molecular formula is C25H32N4O3. The van der Waals surface area contributed by atoms with Gasteiger partial charge in [0.05, 0.1) is 17.9 Å². The van der Waals surface area contributed by atoms with Gasteiger partial charge in [0.2, 0.25) is 5.91 Å². The number of hydrogen-bond donors (Lipinski definition) is 0. The molecule has 2 aliphatic rings. The van der Waals surface area contributed by atoms with Crippen molar-refractivity contribution < 1.29 is 14.3 Å². The van der Waals surface area contributed by atoms with Gasteiger partial charge in [0.25, 0.3) is 5.91 Å². The van der Waals surface area contributed by atoms with Crippen LogP contribution in [0, 0.1) is 13.8 Å². The molecule has 2 aromatic rings. The fourth-order valence-corrected chi connectivity index (χ4v) is 4.46. The van der Waals surface area contributed by atoms with Crippen LogP contribution in [0.25, 0.3) is 0 Å². The third-order valence-electron chi connectivity index (χ3n) is 6.41. The van der Waals surface area contributed by atoms with Crippen LogP contribution in [0.5, 0.6) is 5.75 Å². The van der Waals surface area contributed by atoms with Crippen molar-refractivity contribution in [2.45, 2.75) is 51.9 Å². The summed E-state index contributed by atoms with van der Waals surface area (Å²) in [5, 5.41) is 0. The van der Waals surface area contributed by atoms with Gasteiger partial charge in [0.1, 0.15) is 11.6 Å². The summed E-state index contributed by atoms with van der Waals surface area (Å²) in [6, 6.07) is 7.91. The number of aryl methyl sites for hydroxylation is 2. The normalized spacial score (nSPS) is 18.2. The summed E-state index contributed by atoms with van der Waals surface area (Å²) in [6.07, 6.45) is 5.82. The highest BCUT2D eigenvalue weighted by molar-refractivity contribution is 5.95. The van der Waals surface area contributed by atoms with E-state index in [1.807, 2.05) is 47.9 Å². The lowest BCUT2D eigenvalue weighted by molar-refractivity contribution is -0.130. The maximum atomic E-state index is 12.7. The molecule has 0 N–H and O–H groups in total. The minimum atomic E-state index is 0.0303. The summed E-state index contributed by atoms with van der Waals surface area (Å²) >= 11 is 0. The highest BCUT2D eigenvalue weighted by Gasteiger charge is 2.30. The van der Waals surface area contributed by atoms with Crippen molar-refractivity contribution in [3.8, 4) is 5.75 Å².